The summed E-state index contributed by atoms with van der Waals surface area (Å²) in [4.78, 5) is 42.1. The van der Waals surface area contributed by atoms with Gasteiger partial charge in [0.2, 0.25) is 11.8 Å². The third-order valence-corrected chi connectivity index (χ3v) is 6.78. The van der Waals surface area contributed by atoms with Crippen LogP contribution in [0, 0.1) is 0 Å². The minimum atomic E-state index is -0.719. The Morgan fingerprint density at radius 3 is 2.73 bits per heavy atom. The van der Waals surface area contributed by atoms with Gasteiger partial charge in [0, 0.05) is 19.4 Å². The largest absolute Gasteiger partial charge is 0.349 e. The van der Waals surface area contributed by atoms with Gasteiger partial charge in [0.05, 0.1) is 17.3 Å². The number of para-hydroxylation sites is 1. The van der Waals surface area contributed by atoms with Crippen LogP contribution in [0.2, 0.25) is 0 Å². The molecule has 2 aromatic carbocycles. The van der Waals surface area contributed by atoms with E-state index in [1.165, 1.54) is 11.1 Å². The lowest BCUT2D eigenvalue weighted by Gasteiger charge is -2.48. The van der Waals surface area contributed by atoms with Gasteiger partial charge >= 0.3 is 0 Å². The summed E-state index contributed by atoms with van der Waals surface area (Å²) < 4.78 is 0. The molecule has 1 saturated heterocycles. The van der Waals surface area contributed by atoms with E-state index >= 15 is 0 Å². The summed E-state index contributed by atoms with van der Waals surface area (Å²) in [7, 11) is 0. The Hall–Kier alpha value is -3.15. The van der Waals surface area contributed by atoms with Gasteiger partial charge in [-0.1, -0.05) is 36.4 Å². The van der Waals surface area contributed by atoms with Crippen molar-refractivity contribution >= 4 is 23.4 Å². The summed E-state index contributed by atoms with van der Waals surface area (Å²) >= 11 is 0. The molecule has 154 valence electrons. The quantitative estimate of drug-likeness (QED) is 0.852. The first-order valence-corrected chi connectivity index (χ1v) is 10.6. The van der Waals surface area contributed by atoms with Crippen molar-refractivity contribution in [2.45, 2.75) is 50.7 Å². The number of anilines is 1. The molecule has 0 saturated carbocycles. The molecular formula is C24H25N3O3. The van der Waals surface area contributed by atoms with Crippen LogP contribution < -0.4 is 10.2 Å². The van der Waals surface area contributed by atoms with Crippen molar-refractivity contribution in [3.8, 4) is 0 Å². The Morgan fingerprint density at radius 2 is 1.87 bits per heavy atom. The van der Waals surface area contributed by atoms with Crippen LogP contribution in [0.3, 0.4) is 0 Å². The molecule has 2 atom stereocenters. The molecule has 1 fully saturated rings. The van der Waals surface area contributed by atoms with E-state index in [0.717, 1.165) is 12.8 Å². The molecule has 30 heavy (non-hydrogen) atoms. The van der Waals surface area contributed by atoms with Gasteiger partial charge in [0.15, 0.2) is 0 Å². The fraction of sp³-hybridized carbons (Fsp3) is 0.375. The van der Waals surface area contributed by atoms with Crippen molar-refractivity contribution in [1.82, 2.24) is 10.2 Å². The summed E-state index contributed by atoms with van der Waals surface area (Å²) in [6, 6.07) is 15.5. The smallest absolute Gasteiger partial charge is 0.257 e. The van der Waals surface area contributed by atoms with Crippen LogP contribution in [-0.4, -0.2) is 34.8 Å². The monoisotopic (exact) mass is 403 g/mol. The van der Waals surface area contributed by atoms with Gasteiger partial charge < -0.3 is 10.2 Å². The molecule has 3 amide bonds. The molecule has 6 nitrogen and oxygen atoms in total. The highest BCUT2D eigenvalue weighted by molar-refractivity contribution is 6.10. The second kappa shape index (κ2) is 6.97. The van der Waals surface area contributed by atoms with E-state index in [0.29, 0.717) is 24.1 Å². The van der Waals surface area contributed by atoms with Crippen molar-refractivity contribution in [3.63, 3.8) is 0 Å². The number of amides is 3. The van der Waals surface area contributed by atoms with Crippen LogP contribution in [0.1, 0.15) is 60.1 Å². The molecule has 2 aromatic rings. The van der Waals surface area contributed by atoms with Crippen molar-refractivity contribution in [1.29, 1.82) is 0 Å². The number of carbonyl (C=O) groups is 3. The minimum absolute atomic E-state index is 0.0227. The van der Waals surface area contributed by atoms with Gasteiger partial charge in [0.1, 0.15) is 5.66 Å². The minimum Gasteiger partial charge on any atom is -0.349 e. The van der Waals surface area contributed by atoms with E-state index in [2.05, 4.69) is 17.4 Å². The van der Waals surface area contributed by atoms with Crippen LogP contribution >= 0.6 is 0 Å². The van der Waals surface area contributed by atoms with Gasteiger partial charge in [-0.2, -0.15) is 0 Å². The van der Waals surface area contributed by atoms with Crippen molar-refractivity contribution in [2.24, 2.45) is 0 Å². The number of carbonyl (C=O) groups excluding carboxylic acids is 3. The summed E-state index contributed by atoms with van der Waals surface area (Å²) in [6.07, 6.45) is 3.06. The number of fused-ring (bicyclic) bond motifs is 4. The van der Waals surface area contributed by atoms with Gasteiger partial charge in [-0.3, -0.25) is 19.3 Å². The number of nitrogens with one attached hydrogen (secondary N) is 1. The van der Waals surface area contributed by atoms with Gasteiger partial charge in [0.25, 0.3) is 5.91 Å². The van der Waals surface area contributed by atoms with E-state index in [-0.39, 0.29) is 36.7 Å². The maximum Gasteiger partial charge on any atom is 0.257 e. The van der Waals surface area contributed by atoms with E-state index < -0.39 is 5.66 Å². The van der Waals surface area contributed by atoms with Crippen LogP contribution in [0.15, 0.2) is 48.5 Å². The summed E-state index contributed by atoms with van der Waals surface area (Å²) in [5.41, 5.74) is 2.96. The van der Waals surface area contributed by atoms with Crippen LogP contribution in [-0.2, 0) is 16.0 Å². The summed E-state index contributed by atoms with van der Waals surface area (Å²) in [5, 5.41) is 3.13. The average molecular weight is 403 g/mol. The van der Waals surface area contributed by atoms with Crippen LogP contribution in [0.25, 0.3) is 0 Å². The van der Waals surface area contributed by atoms with E-state index in [4.69, 9.17) is 0 Å². The first-order valence-electron chi connectivity index (χ1n) is 10.6. The zero-order valence-corrected chi connectivity index (χ0v) is 17.1. The number of hydrogen-bond acceptors (Lipinski definition) is 3. The molecule has 2 unspecified atom stereocenters. The predicted octanol–water partition coefficient (Wildman–Crippen LogP) is 3.18. The third kappa shape index (κ3) is 2.82. The predicted molar refractivity (Wildman–Crippen MR) is 113 cm³/mol. The molecule has 6 heteroatoms. The highest BCUT2D eigenvalue weighted by atomic mass is 16.2. The highest BCUT2D eigenvalue weighted by Crippen LogP contribution is 2.44. The topological polar surface area (TPSA) is 69.7 Å². The molecule has 1 N–H and O–H groups in total. The number of hydrogen-bond donors (Lipinski definition) is 1. The van der Waals surface area contributed by atoms with Gasteiger partial charge in [-0.15, -0.1) is 0 Å². The van der Waals surface area contributed by atoms with E-state index in [9.17, 15) is 14.4 Å². The average Bonchev–Trinajstić information content (AvgIpc) is 3.29. The standard InChI is InChI=1S/C24H25N3O3/c1-24-14-12-22(29)27(24)20-9-5-4-8-18(20)23(30)26(24)15-13-21(28)25-19-11-10-16-6-2-3-7-17(16)19/h2-9,19H,10-15H2,1H3,(H,25,28). The fourth-order valence-corrected chi connectivity index (χ4v) is 5.23. The Bertz CT molecular complexity index is 1050. The molecule has 3 aliphatic rings. The van der Waals surface area contributed by atoms with E-state index in [1.54, 1.807) is 15.9 Å². The zero-order chi connectivity index (χ0) is 20.9. The molecule has 0 spiro atoms. The van der Waals surface area contributed by atoms with Gasteiger partial charge in [-0.05, 0) is 49.4 Å². The fourth-order valence-electron chi connectivity index (χ4n) is 5.23. The lowest BCUT2D eigenvalue weighted by molar-refractivity contribution is -0.122. The maximum absolute atomic E-state index is 13.2. The van der Waals surface area contributed by atoms with Crippen molar-refractivity contribution in [3.05, 3.63) is 65.2 Å². The first-order chi connectivity index (χ1) is 14.5. The normalized spacial score (nSPS) is 24.5. The molecule has 2 aliphatic heterocycles. The lowest BCUT2D eigenvalue weighted by atomic mass is 9.98. The Balaban J connectivity index is 1.33. The molecule has 0 aromatic heterocycles. The third-order valence-electron chi connectivity index (χ3n) is 6.78. The number of rotatable bonds is 4. The Morgan fingerprint density at radius 1 is 1.10 bits per heavy atom. The van der Waals surface area contributed by atoms with Crippen molar-refractivity contribution < 1.29 is 14.4 Å². The Kier molecular flexibility index (Phi) is 4.38. The second-order valence-electron chi connectivity index (χ2n) is 8.53. The molecule has 1 aliphatic carbocycles. The van der Waals surface area contributed by atoms with E-state index in [1.807, 2.05) is 37.3 Å². The lowest BCUT2D eigenvalue weighted by Crippen LogP contribution is -2.62. The second-order valence-corrected chi connectivity index (χ2v) is 8.53. The SMILES string of the molecule is CC12CCC(=O)N1c1ccccc1C(=O)N2CCC(=O)NC1CCc2ccccc21. The summed E-state index contributed by atoms with van der Waals surface area (Å²) in [6.45, 7) is 2.21. The van der Waals surface area contributed by atoms with Crippen molar-refractivity contribution in [2.75, 3.05) is 11.4 Å². The number of benzene rings is 2. The first kappa shape index (κ1) is 18.9. The zero-order valence-electron chi connectivity index (χ0n) is 17.1. The highest BCUT2D eigenvalue weighted by Gasteiger charge is 2.52. The molecule has 0 bridgehead atoms. The summed E-state index contributed by atoms with van der Waals surface area (Å²) in [5.74, 6) is -0.157. The Labute approximate surface area is 175 Å². The number of aryl methyl sites for hydroxylation is 1. The van der Waals surface area contributed by atoms with Gasteiger partial charge in [-0.25, -0.2) is 0 Å². The molecule has 2 heterocycles. The molecule has 0 radical (unpaired) electrons. The van der Waals surface area contributed by atoms with Crippen LogP contribution in [0.4, 0.5) is 5.69 Å². The molecular weight excluding hydrogens is 378 g/mol. The van der Waals surface area contributed by atoms with Crippen LogP contribution in [0.5, 0.6) is 0 Å². The number of nitrogens with zero attached hydrogens (tertiary/aromatic N) is 2. The molecule has 5 rings (SSSR count). The maximum atomic E-state index is 13.2.